The summed E-state index contributed by atoms with van der Waals surface area (Å²) < 4.78 is 5.58. The van der Waals surface area contributed by atoms with Crippen LogP contribution in [0.1, 0.15) is 30.9 Å². The number of benzene rings is 2. The number of carbonyl (C=O) groups excluding carboxylic acids is 3. The Labute approximate surface area is 186 Å². The molecular formula is C23H26ClN3O4. The van der Waals surface area contributed by atoms with Crippen molar-refractivity contribution in [3.05, 3.63) is 58.6 Å². The van der Waals surface area contributed by atoms with E-state index >= 15 is 0 Å². The van der Waals surface area contributed by atoms with Crippen molar-refractivity contribution in [2.45, 2.75) is 32.3 Å². The molecule has 3 rings (SSSR count). The number of ether oxygens (including phenoxy) is 1. The van der Waals surface area contributed by atoms with Gasteiger partial charge < -0.3 is 20.3 Å². The first-order valence-corrected chi connectivity index (χ1v) is 10.4. The summed E-state index contributed by atoms with van der Waals surface area (Å²) in [6, 6.07) is 12.4. The minimum Gasteiger partial charge on any atom is -0.372 e. The van der Waals surface area contributed by atoms with E-state index < -0.39 is 17.4 Å². The Hall–Kier alpha value is -2.90. The maximum absolute atomic E-state index is 12.4. The van der Waals surface area contributed by atoms with E-state index in [1.54, 1.807) is 42.2 Å². The summed E-state index contributed by atoms with van der Waals surface area (Å²) in [6.45, 7) is 4.44. The van der Waals surface area contributed by atoms with Crippen LogP contribution in [0.15, 0.2) is 42.5 Å². The normalized spacial score (nSPS) is 15.5. The third kappa shape index (κ3) is 5.24. The van der Waals surface area contributed by atoms with Crippen molar-refractivity contribution in [1.82, 2.24) is 5.32 Å². The molecule has 0 aliphatic carbocycles. The molecule has 1 heterocycles. The third-order valence-electron chi connectivity index (χ3n) is 5.51. The summed E-state index contributed by atoms with van der Waals surface area (Å²) in [5, 5.41) is 5.77. The summed E-state index contributed by atoms with van der Waals surface area (Å²) in [5.41, 5.74) is 2.05. The van der Waals surface area contributed by atoms with Gasteiger partial charge in [-0.3, -0.25) is 14.4 Å². The summed E-state index contributed by atoms with van der Waals surface area (Å²) in [7, 11) is 1.53. The maximum atomic E-state index is 12.4. The van der Waals surface area contributed by atoms with Crippen LogP contribution < -0.4 is 15.5 Å². The smallest absolute Gasteiger partial charge is 0.313 e. The lowest BCUT2D eigenvalue weighted by Crippen LogP contribution is -2.44. The van der Waals surface area contributed by atoms with Crippen LogP contribution in [0.25, 0.3) is 0 Å². The Balaban J connectivity index is 1.65. The highest BCUT2D eigenvalue weighted by molar-refractivity contribution is 6.39. The topological polar surface area (TPSA) is 87.7 Å². The Kier molecular flexibility index (Phi) is 6.97. The molecule has 0 saturated carbocycles. The summed E-state index contributed by atoms with van der Waals surface area (Å²) in [6.07, 6.45) is 1.32. The van der Waals surface area contributed by atoms with Gasteiger partial charge in [0.15, 0.2) is 0 Å². The number of amides is 3. The molecular weight excluding hydrogens is 418 g/mol. The molecule has 8 heteroatoms. The first kappa shape index (κ1) is 22.8. The average molecular weight is 444 g/mol. The number of nitrogens with zero attached hydrogens (tertiary/aromatic N) is 1. The first-order valence-electron chi connectivity index (χ1n) is 10.0. The van der Waals surface area contributed by atoms with E-state index in [2.05, 4.69) is 10.6 Å². The molecule has 1 aliphatic rings. The number of anilines is 2. The van der Waals surface area contributed by atoms with Gasteiger partial charge in [-0.15, -0.1) is 0 Å². The van der Waals surface area contributed by atoms with Crippen molar-refractivity contribution in [3.63, 3.8) is 0 Å². The van der Waals surface area contributed by atoms with Gasteiger partial charge >= 0.3 is 11.8 Å². The zero-order valence-electron chi connectivity index (χ0n) is 17.8. The van der Waals surface area contributed by atoms with E-state index in [-0.39, 0.29) is 12.5 Å². The second-order valence-electron chi connectivity index (χ2n) is 7.73. The molecule has 164 valence electrons. The number of carbonyl (C=O) groups is 3. The quantitative estimate of drug-likeness (QED) is 0.670. The molecule has 0 spiro atoms. The Morgan fingerprint density at radius 2 is 1.97 bits per heavy atom. The zero-order chi connectivity index (χ0) is 22.6. The van der Waals surface area contributed by atoms with Crippen LogP contribution in [0.4, 0.5) is 11.4 Å². The Morgan fingerprint density at radius 1 is 1.19 bits per heavy atom. The van der Waals surface area contributed by atoms with E-state index in [1.165, 1.54) is 7.11 Å². The predicted octanol–water partition coefficient (Wildman–Crippen LogP) is 3.39. The van der Waals surface area contributed by atoms with Crippen LogP contribution in [0.5, 0.6) is 0 Å². The lowest BCUT2D eigenvalue weighted by Gasteiger charge is -2.29. The molecule has 0 aromatic heterocycles. The van der Waals surface area contributed by atoms with Crippen LogP contribution in [0.2, 0.25) is 5.02 Å². The molecule has 2 aromatic rings. The highest BCUT2D eigenvalue weighted by Crippen LogP contribution is 2.28. The number of hydrogen-bond acceptors (Lipinski definition) is 4. The zero-order valence-corrected chi connectivity index (χ0v) is 18.6. The van der Waals surface area contributed by atoms with E-state index in [0.717, 1.165) is 23.2 Å². The summed E-state index contributed by atoms with van der Waals surface area (Å²) in [4.78, 5) is 38.6. The number of halogens is 1. The van der Waals surface area contributed by atoms with E-state index in [1.807, 2.05) is 19.1 Å². The average Bonchev–Trinajstić information content (AvgIpc) is 3.18. The van der Waals surface area contributed by atoms with Gasteiger partial charge in [0.2, 0.25) is 5.91 Å². The van der Waals surface area contributed by atoms with Gasteiger partial charge in [-0.25, -0.2) is 0 Å². The van der Waals surface area contributed by atoms with Gasteiger partial charge in [-0.05, 0) is 55.7 Å². The van der Waals surface area contributed by atoms with Crippen LogP contribution in [0.3, 0.4) is 0 Å². The number of hydrogen-bond donors (Lipinski definition) is 2. The van der Waals surface area contributed by atoms with Crippen LogP contribution in [-0.4, -0.2) is 37.9 Å². The van der Waals surface area contributed by atoms with Crippen molar-refractivity contribution in [3.8, 4) is 0 Å². The lowest BCUT2D eigenvalue weighted by atomic mass is 9.95. The maximum Gasteiger partial charge on any atom is 0.313 e. The fourth-order valence-corrected chi connectivity index (χ4v) is 3.70. The minimum absolute atomic E-state index is 0.0594. The Morgan fingerprint density at radius 3 is 2.61 bits per heavy atom. The predicted molar refractivity (Wildman–Crippen MR) is 120 cm³/mol. The third-order valence-corrected chi connectivity index (χ3v) is 5.74. The minimum atomic E-state index is -0.853. The Bertz CT molecular complexity index is 1010. The van der Waals surface area contributed by atoms with Crippen molar-refractivity contribution in [2.24, 2.45) is 0 Å². The van der Waals surface area contributed by atoms with Gasteiger partial charge in [-0.2, -0.15) is 0 Å². The molecule has 2 aromatic carbocycles. The monoisotopic (exact) mass is 443 g/mol. The fraction of sp³-hybridized carbons (Fsp3) is 0.348. The highest BCUT2D eigenvalue weighted by atomic mass is 35.5. The molecule has 2 N–H and O–H groups in total. The molecule has 1 fully saturated rings. The highest BCUT2D eigenvalue weighted by Gasteiger charge is 2.29. The van der Waals surface area contributed by atoms with Gasteiger partial charge in [0.25, 0.3) is 0 Å². The second kappa shape index (κ2) is 9.49. The van der Waals surface area contributed by atoms with Gasteiger partial charge in [-0.1, -0.05) is 29.8 Å². The van der Waals surface area contributed by atoms with Gasteiger partial charge in [0, 0.05) is 36.5 Å². The first-order chi connectivity index (χ1) is 14.7. The molecule has 1 atom stereocenters. The number of aryl methyl sites for hydroxylation is 1. The number of methoxy groups -OCH3 is 1. The van der Waals surface area contributed by atoms with Crippen LogP contribution in [0, 0.1) is 6.92 Å². The SMILES string of the molecule is CO[C@](C)(CNC(=O)C(=O)Nc1ccc(C)c(N2CCCC2=O)c1)c1cccc(Cl)c1. The van der Waals surface area contributed by atoms with Gasteiger partial charge in [0.05, 0.1) is 6.54 Å². The number of rotatable bonds is 6. The standard InChI is InChI=1S/C23H26ClN3O4/c1-15-9-10-18(13-19(15)27-11-5-8-20(27)28)26-22(30)21(29)25-14-23(2,31-3)16-6-4-7-17(24)12-16/h4,6-7,9-10,12-13H,5,8,11,14H2,1-3H3,(H,25,29)(H,26,30)/t23-/m1/s1. The lowest BCUT2D eigenvalue weighted by molar-refractivity contribution is -0.137. The van der Waals surface area contributed by atoms with Crippen molar-refractivity contribution >= 4 is 40.7 Å². The number of nitrogens with one attached hydrogen (secondary N) is 2. The molecule has 3 amide bonds. The molecule has 1 saturated heterocycles. The summed E-state index contributed by atoms with van der Waals surface area (Å²) >= 11 is 6.06. The molecule has 1 aliphatic heterocycles. The van der Waals surface area contributed by atoms with Crippen LogP contribution >= 0.6 is 11.6 Å². The largest absolute Gasteiger partial charge is 0.372 e. The molecule has 0 radical (unpaired) electrons. The van der Waals surface area contributed by atoms with Crippen molar-refractivity contribution in [2.75, 3.05) is 30.4 Å². The molecule has 7 nitrogen and oxygen atoms in total. The van der Waals surface area contributed by atoms with Crippen molar-refractivity contribution < 1.29 is 19.1 Å². The van der Waals surface area contributed by atoms with Crippen molar-refractivity contribution in [1.29, 1.82) is 0 Å². The van der Waals surface area contributed by atoms with E-state index in [4.69, 9.17) is 16.3 Å². The summed E-state index contributed by atoms with van der Waals surface area (Å²) in [5.74, 6) is -1.53. The van der Waals surface area contributed by atoms with Gasteiger partial charge in [0.1, 0.15) is 5.60 Å². The molecule has 31 heavy (non-hydrogen) atoms. The van der Waals surface area contributed by atoms with E-state index in [0.29, 0.717) is 23.7 Å². The fourth-order valence-electron chi connectivity index (χ4n) is 3.51. The van der Waals surface area contributed by atoms with Crippen LogP contribution in [-0.2, 0) is 24.7 Å². The van der Waals surface area contributed by atoms with E-state index in [9.17, 15) is 14.4 Å². The second-order valence-corrected chi connectivity index (χ2v) is 8.17. The molecule has 0 bridgehead atoms. The molecule has 0 unspecified atom stereocenters.